The van der Waals surface area contributed by atoms with Gasteiger partial charge in [-0.25, -0.2) is 9.59 Å². The van der Waals surface area contributed by atoms with Crippen molar-refractivity contribution in [3.8, 4) is 5.75 Å². The summed E-state index contributed by atoms with van der Waals surface area (Å²) in [5.41, 5.74) is 0.413. The van der Waals surface area contributed by atoms with E-state index < -0.39 is 11.9 Å². The van der Waals surface area contributed by atoms with E-state index in [1.54, 1.807) is 36.4 Å². The van der Waals surface area contributed by atoms with Gasteiger partial charge in [0.05, 0.1) is 17.7 Å². The van der Waals surface area contributed by atoms with Crippen LogP contribution in [-0.2, 0) is 4.74 Å². The first-order chi connectivity index (χ1) is 12.7. The molecule has 132 valence electrons. The standard InChI is InChI=1S/C22H20O4/c1-2-3-14-25-21(23)19-10-6-7-11-20(19)22(24)26-18-13-12-16-8-4-5-9-17(16)15-18/h4-13,15H,2-3,14H2,1H3. The molecule has 0 fully saturated rings. The van der Waals surface area contributed by atoms with Crippen LogP contribution in [0.4, 0.5) is 0 Å². The zero-order valence-electron chi connectivity index (χ0n) is 14.6. The van der Waals surface area contributed by atoms with Crippen LogP contribution in [0.5, 0.6) is 5.75 Å². The lowest BCUT2D eigenvalue weighted by molar-refractivity contribution is 0.0491. The molecule has 0 saturated heterocycles. The summed E-state index contributed by atoms with van der Waals surface area (Å²) in [6.07, 6.45) is 1.72. The number of benzene rings is 3. The molecule has 4 heteroatoms. The predicted octanol–water partition coefficient (Wildman–Crippen LogP) is 5.02. The summed E-state index contributed by atoms with van der Waals surface area (Å²) in [5.74, 6) is -0.657. The summed E-state index contributed by atoms with van der Waals surface area (Å²) in [6, 6.07) is 19.8. The van der Waals surface area contributed by atoms with Gasteiger partial charge in [-0.3, -0.25) is 0 Å². The first-order valence-corrected chi connectivity index (χ1v) is 8.66. The Bertz CT molecular complexity index is 930. The maximum atomic E-state index is 12.6. The van der Waals surface area contributed by atoms with Crippen molar-refractivity contribution in [3.63, 3.8) is 0 Å². The van der Waals surface area contributed by atoms with E-state index in [-0.39, 0.29) is 11.1 Å². The van der Waals surface area contributed by atoms with Crippen molar-refractivity contribution in [1.29, 1.82) is 0 Å². The zero-order chi connectivity index (χ0) is 18.4. The van der Waals surface area contributed by atoms with Crippen molar-refractivity contribution in [2.45, 2.75) is 19.8 Å². The molecular formula is C22H20O4. The first kappa shape index (κ1) is 17.7. The van der Waals surface area contributed by atoms with Gasteiger partial charge in [0.2, 0.25) is 0 Å². The number of unbranched alkanes of at least 4 members (excludes halogenated alkanes) is 1. The Kier molecular flexibility index (Phi) is 5.64. The molecule has 0 amide bonds. The van der Waals surface area contributed by atoms with Gasteiger partial charge in [-0.2, -0.15) is 0 Å². The van der Waals surface area contributed by atoms with Crippen molar-refractivity contribution in [1.82, 2.24) is 0 Å². The van der Waals surface area contributed by atoms with E-state index in [1.807, 2.05) is 37.3 Å². The topological polar surface area (TPSA) is 52.6 Å². The Morgan fingerprint density at radius 2 is 1.46 bits per heavy atom. The molecule has 3 rings (SSSR count). The minimum absolute atomic E-state index is 0.196. The number of hydrogen-bond acceptors (Lipinski definition) is 4. The number of rotatable bonds is 6. The van der Waals surface area contributed by atoms with Crippen LogP contribution in [0.3, 0.4) is 0 Å². The third-order valence-corrected chi connectivity index (χ3v) is 4.03. The number of carbonyl (C=O) groups excluding carboxylic acids is 2. The van der Waals surface area contributed by atoms with Gasteiger partial charge in [0.25, 0.3) is 0 Å². The highest BCUT2D eigenvalue weighted by atomic mass is 16.5. The molecule has 0 aliphatic carbocycles. The van der Waals surface area contributed by atoms with Gasteiger partial charge in [0.15, 0.2) is 0 Å². The van der Waals surface area contributed by atoms with Crippen LogP contribution in [0.2, 0.25) is 0 Å². The molecular weight excluding hydrogens is 328 g/mol. The molecule has 0 bridgehead atoms. The van der Waals surface area contributed by atoms with E-state index in [0.717, 1.165) is 23.6 Å². The summed E-state index contributed by atoms with van der Waals surface area (Å²) in [5, 5.41) is 2.04. The molecule has 0 aliphatic heterocycles. The Hall–Kier alpha value is -3.14. The molecule has 26 heavy (non-hydrogen) atoms. The molecule has 0 saturated carbocycles. The Balaban J connectivity index is 1.79. The largest absolute Gasteiger partial charge is 0.462 e. The average Bonchev–Trinajstić information content (AvgIpc) is 2.68. The monoisotopic (exact) mass is 348 g/mol. The first-order valence-electron chi connectivity index (χ1n) is 8.66. The Morgan fingerprint density at radius 1 is 0.808 bits per heavy atom. The normalized spacial score (nSPS) is 10.5. The minimum atomic E-state index is -0.580. The number of fused-ring (bicyclic) bond motifs is 1. The van der Waals surface area contributed by atoms with E-state index in [4.69, 9.17) is 9.47 Å². The van der Waals surface area contributed by atoms with E-state index in [2.05, 4.69) is 0 Å². The number of ether oxygens (including phenoxy) is 2. The van der Waals surface area contributed by atoms with Crippen LogP contribution < -0.4 is 4.74 Å². The molecule has 0 radical (unpaired) electrons. The molecule has 0 atom stereocenters. The van der Waals surface area contributed by atoms with E-state index in [9.17, 15) is 9.59 Å². The van der Waals surface area contributed by atoms with Crippen LogP contribution in [0.1, 0.15) is 40.5 Å². The van der Waals surface area contributed by atoms with Gasteiger partial charge in [-0.15, -0.1) is 0 Å². The molecule has 0 N–H and O–H groups in total. The highest BCUT2D eigenvalue weighted by Crippen LogP contribution is 2.22. The highest BCUT2D eigenvalue weighted by Gasteiger charge is 2.19. The van der Waals surface area contributed by atoms with Crippen molar-refractivity contribution in [2.75, 3.05) is 6.61 Å². The number of carbonyl (C=O) groups is 2. The predicted molar refractivity (Wildman–Crippen MR) is 101 cm³/mol. The van der Waals surface area contributed by atoms with Gasteiger partial charge in [0, 0.05) is 0 Å². The van der Waals surface area contributed by atoms with Gasteiger partial charge in [-0.05, 0) is 41.5 Å². The highest BCUT2D eigenvalue weighted by molar-refractivity contribution is 6.04. The van der Waals surface area contributed by atoms with Crippen LogP contribution >= 0.6 is 0 Å². The fourth-order valence-corrected chi connectivity index (χ4v) is 2.62. The van der Waals surface area contributed by atoms with Crippen LogP contribution in [0.15, 0.2) is 66.7 Å². The fraction of sp³-hybridized carbons (Fsp3) is 0.182. The minimum Gasteiger partial charge on any atom is -0.462 e. The summed E-state index contributed by atoms with van der Waals surface area (Å²) >= 11 is 0. The summed E-state index contributed by atoms with van der Waals surface area (Å²) in [4.78, 5) is 24.8. The second-order valence-corrected chi connectivity index (χ2v) is 5.93. The Labute approximate surface area is 152 Å². The summed E-state index contributed by atoms with van der Waals surface area (Å²) in [6.45, 7) is 2.35. The lowest BCUT2D eigenvalue weighted by Crippen LogP contribution is -2.16. The third kappa shape index (κ3) is 4.09. The molecule has 3 aromatic rings. The average molecular weight is 348 g/mol. The molecule has 0 heterocycles. The van der Waals surface area contributed by atoms with Crippen LogP contribution in [0, 0.1) is 0 Å². The number of hydrogen-bond donors (Lipinski definition) is 0. The second kappa shape index (κ2) is 8.30. The maximum absolute atomic E-state index is 12.6. The van der Waals surface area contributed by atoms with E-state index in [1.165, 1.54) is 0 Å². The summed E-state index contributed by atoms with van der Waals surface area (Å²) < 4.78 is 10.7. The van der Waals surface area contributed by atoms with E-state index in [0.29, 0.717) is 12.4 Å². The molecule has 0 unspecified atom stereocenters. The second-order valence-electron chi connectivity index (χ2n) is 5.93. The lowest BCUT2D eigenvalue weighted by atomic mass is 10.1. The molecule has 3 aromatic carbocycles. The molecule has 0 spiro atoms. The molecule has 0 aliphatic rings. The summed E-state index contributed by atoms with van der Waals surface area (Å²) in [7, 11) is 0. The fourth-order valence-electron chi connectivity index (χ4n) is 2.62. The van der Waals surface area contributed by atoms with Crippen molar-refractivity contribution < 1.29 is 19.1 Å². The van der Waals surface area contributed by atoms with Gasteiger partial charge < -0.3 is 9.47 Å². The smallest absolute Gasteiger partial charge is 0.344 e. The Morgan fingerprint density at radius 3 is 2.19 bits per heavy atom. The third-order valence-electron chi connectivity index (χ3n) is 4.03. The molecule has 0 aromatic heterocycles. The van der Waals surface area contributed by atoms with Crippen molar-refractivity contribution in [2.24, 2.45) is 0 Å². The maximum Gasteiger partial charge on any atom is 0.344 e. The molecule has 4 nitrogen and oxygen atoms in total. The van der Waals surface area contributed by atoms with Gasteiger partial charge >= 0.3 is 11.9 Å². The van der Waals surface area contributed by atoms with E-state index >= 15 is 0 Å². The van der Waals surface area contributed by atoms with Gasteiger partial charge in [-0.1, -0.05) is 55.8 Å². The lowest BCUT2D eigenvalue weighted by Gasteiger charge is -2.10. The van der Waals surface area contributed by atoms with Crippen molar-refractivity contribution >= 4 is 22.7 Å². The van der Waals surface area contributed by atoms with Crippen molar-refractivity contribution in [3.05, 3.63) is 77.9 Å². The quantitative estimate of drug-likeness (QED) is 0.357. The zero-order valence-corrected chi connectivity index (χ0v) is 14.6. The van der Waals surface area contributed by atoms with Crippen LogP contribution in [0.25, 0.3) is 10.8 Å². The SMILES string of the molecule is CCCCOC(=O)c1ccccc1C(=O)Oc1ccc2ccccc2c1. The number of esters is 2. The van der Waals surface area contributed by atoms with Gasteiger partial charge in [0.1, 0.15) is 5.75 Å². The van der Waals surface area contributed by atoms with Crippen LogP contribution in [-0.4, -0.2) is 18.5 Å².